The minimum Gasteiger partial charge on any atom is -0.370 e. The maximum atomic E-state index is 12.6. The lowest BCUT2D eigenvalue weighted by atomic mass is 10.3. The lowest BCUT2D eigenvalue weighted by molar-refractivity contribution is -0.125. The molecule has 0 unspecified atom stereocenters. The van der Waals surface area contributed by atoms with E-state index in [0.717, 1.165) is 6.26 Å². The van der Waals surface area contributed by atoms with Crippen molar-refractivity contribution in [1.29, 1.82) is 0 Å². The van der Waals surface area contributed by atoms with Crippen molar-refractivity contribution in [3.05, 3.63) is 59.5 Å². The molecule has 32 heavy (non-hydrogen) atoms. The lowest BCUT2D eigenvalue weighted by Crippen LogP contribution is -2.41. The summed E-state index contributed by atoms with van der Waals surface area (Å²) < 4.78 is 30.1. The van der Waals surface area contributed by atoms with E-state index in [4.69, 9.17) is 16.3 Å². The number of ether oxygens (including phenoxy) is 1. The number of hydrogen-bond acceptors (Lipinski definition) is 7. The van der Waals surface area contributed by atoms with Crippen molar-refractivity contribution in [2.45, 2.75) is 4.90 Å². The summed E-state index contributed by atoms with van der Waals surface area (Å²) in [7, 11) is -3.49. The number of carbonyl (C=O) groups is 2. The summed E-state index contributed by atoms with van der Waals surface area (Å²) in [5.41, 5.74) is 1.13. The highest BCUT2D eigenvalue weighted by Crippen LogP contribution is 2.23. The number of aromatic nitrogens is 3. The molecule has 10 nitrogen and oxygen atoms in total. The van der Waals surface area contributed by atoms with E-state index in [1.54, 1.807) is 23.2 Å². The predicted molar refractivity (Wildman–Crippen MR) is 117 cm³/mol. The SMILES string of the molecule is CS(=O)(=O)c1cc(Cl)cc(NC(=O)c2cnn(-c3ccc(N4CCOCC4=O)cn3)c2)c1. The number of amides is 2. The largest absolute Gasteiger partial charge is 0.370 e. The Morgan fingerprint density at radius 3 is 2.72 bits per heavy atom. The normalized spacial score (nSPS) is 14.4. The number of sulfone groups is 1. The molecular formula is C20H18ClN5O5S. The minimum absolute atomic E-state index is 0.000894. The van der Waals surface area contributed by atoms with E-state index < -0.39 is 15.7 Å². The number of rotatable bonds is 5. The Bertz CT molecular complexity index is 1290. The third-order valence-electron chi connectivity index (χ3n) is 4.67. The minimum atomic E-state index is -3.49. The van der Waals surface area contributed by atoms with Crippen molar-refractivity contribution in [3.63, 3.8) is 0 Å². The number of nitrogens with zero attached hydrogens (tertiary/aromatic N) is 4. The molecule has 4 rings (SSSR count). The van der Waals surface area contributed by atoms with Gasteiger partial charge in [0, 0.05) is 29.7 Å². The van der Waals surface area contributed by atoms with Gasteiger partial charge in [-0.3, -0.25) is 9.59 Å². The van der Waals surface area contributed by atoms with Crippen LogP contribution in [0.25, 0.3) is 5.82 Å². The molecule has 1 fully saturated rings. The molecule has 3 aromatic rings. The fraction of sp³-hybridized carbons (Fsp3) is 0.200. The molecule has 2 aromatic heterocycles. The van der Waals surface area contributed by atoms with Crippen LogP contribution in [0.15, 0.2) is 53.8 Å². The van der Waals surface area contributed by atoms with Crippen LogP contribution < -0.4 is 10.2 Å². The van der Waals surface area contributed by atoms with Gasteiger partial charge in [-0.1, -0.05) is 11.6 Å². The van der Waals surface area contributed by atoms with Crippen LogP contribution >= 0.6 is 11.6 Å². The van der Waals surface area contributed by atoms with Crippen LogP contribution in [0.5, 0.6) is 0 Å². The average molecular weight is 476 g/mol. The molecule has 0 spiro atoms. The van der Waals surface area contributed by atoms with Crippen molar-refractivity contribution in [2.75, 3.05) is 36.2 Å². The number of carbonyl (C=O) groups excluding carboxylic acids is 2. The number of hydrogen-bond donors (Lipinski definition) is 1. The Labute approximate surface area is 188 Å². The summed E-state index contributed by atoms with van der Waals surface area (Å²) in [5.74, 6) is -0.173. The summed E-state index contributed by atoms with van der Waals surface area (Å²) in [6, 6.07) is 7.51. The van der Waals surface area contributed by atoms with E-state index in [0.29, 0.717) is 24.7 Å². The molecule has 0 aliphatic carbocycles. The van der Waals surface area contributed by atoms with Crippen LogP contribution in [0.2, 0.25) is 5.02 Å². The van der Waals surface area contributed by atoms with Gasteiger partial charge in [-0.05, 0) is 30.3 Å². The zero-order valence-corrected chi connectivity index (χ0v) is 18.4. The smallest absolute Gasteiger partial charge is 0.258 e. The third kappa shape index (κ3) is 4.79. The van der Waals surface area contributed by atoms with Gasteiger partial charge in [-0.2, -0.15) is 5.10 Å². The number of anilines is 2. The van der Waals surface area contributed by atoms with Crippen LogP contribution in [0.3, 0.4) is 0 Å². The summed E-state index contributed by atoms with van der Waals surface area (Å²) in [5, 5.41) is 6.95. The molecule has 0 radical (unpaired) electrons. The first-order chi connectivity index (χ1) is 15.2. The summed E-state index contributed by atoms with van der Waals surface area (Å²) in [6.07, 6.45) is 5.46. The van der Waals surface area contributed by atoms with Crippen molar-refractivity contribution < 1.29 is 22.7 Å². The molecule has 12 heteroatoms. The first-order valence-corrected chi connectivity index (χ1v) is 11.7. The molecule has 1 aliphatic heterocycles. The zero-order chi connectivity index (χ0) is 22.9. The molecule has 166 valence electrons. The molecule has 1 N–H and O–H groups in total. The van der Waals surface area contributed by atoms with Gasteiger partial charge in [0.2, 0.25) is 0 Å². The van der Waals surface area contributed by atoms with Gasteiger partial charge >= 0.3 is 0 Å². The van der Waals surface area contributed by atoms with Crippen LogP contribution in [0.4, 0.5) is 11.4 Å². The number of halogens is 1. The van der Waals surface area contributed by atoms with Gasteiger partial charge in [0.1, 0.15) is 6.61 Å². The number of nitrogens with one attached hydrogen (secondary N) is 1. The monoisotopic (exact) mass is 475 g/mol. The number of morpholine rings is 1. The second-order valence-corrected chi connectivity index (χ2v) is 9.50. The van der Waals surface area contributed by atoms with E-state index in [1.165, 1.54) is 35.3 Å². The summed E-state index contributed by atoms with van der Waals surface area (Å²) in [4.78, 5) is 30.4. The number of benzene rings is 1. The van der Waals surface area contributed by atoms with Crippen LogP contribution in [0.1, 0.15) is 10.4 Å². The van der Waals surface area contributed by atoms with Crippen LogP contribution in [0, 0.1) is 0 Å². The van der Waals surface area contributed by atoms with E-state index in [9.17, 15) is 18.0 Å². The number of pyridine rings is 1. The quantitative estimate of drug-likeness (QED) is 0.598. The second-order valence-electron chi connectivity index (χ2n) is 7.05. The molecule has 1 saturated heterocycles. The van der Waals surface area contributed by atoms with Gasteiger partial charge < -0.3 is 15.0 Å². The Kier molecular flexibility index (Phi) is 5.96. The Morgan fingerprint density at radius 1 is 1.22 bits per heavy atom. The maximum Gasteiger partial charge on any atom is 0.258 e. The van der Waals surface area contributed by atoms with Gasteiger partial charge in [0.05, 0.1) is 35.1 Å². The van der Waals surface area contributed by atoms with Gasteiger partial charge in [0.15, 0.2) is 15.7 Å². The van der Waals surface area contributed by atoms with E-state index in [2.05, 4.69) is 15.4 Å². The van der Waals surface area contributed by atoms with Crippen molar-refractivity contribution in [2.24, 2.45) is 0 Å². The highest BCUT2D eigenvalue weighted by Gasteiger charge is 2.20. The first-order valence-electron chi connectivity index (χ1n) is 9.42. The van der Waals surface area contributed by atoms with Crippen molar-refractivity contribution in [3.8, 4) is 5.82 Å². The maximum absolute atomic E-state index is 12.6. The molecule has 2 amide bonds. The topological polar surface area (TPSA) is 123 Å². The average Bonchev–Trinajstić information content (AvgIpc) is 3.24. The van der Waals surface area contributed by atoms with E-state index >= 15 is 0 Å². The summed E-state index contributed by atoms with van der Waals surface area (Å²) >= 11 is 5.98. The third-order valence-corrected chi connectivity index (χ3v) is 5.98. The molecule has 0 atom stereocenters. The second kappa shape index (κ2) is 8.69. The molecule has 0 bridgehead atoms. The fourth-order valence-corrected chi connectivity index (χ4v) is 4.06. The van der Waals surface area contributed by atoms with Crippen molar-refractivity contribution in [1.82, 2.24) is 14.8 Å². The Balaban J connectivity index is 1.50. The van der Waals surface area contributed by atoms with Gasteiger partial charge in [0.25, 0.3) is 11.8 Å². The van der Waals surface area contributed by atoms with Crippen molar-refractivity contribution >= 4 is 44.6 Å². The standard InChI is InChI=1S/C20H18ClN5O5S/c1-32(29,30)17-7-14(21)6-15(8-17)24-20(28)13-9-23-26(11-13)18-3-2-16(10-22-18)25-4-5-31-12-19(25)27/h2-3,6-11H,4-5,12H2,1H3,(H,24,28). The highest BCUT2D eigenvalue weighted by atomic mass is 35.5. The van der Waals surface area contributed by atoms with E-state index in [1.807, 2.05) is 0 Å². The van der Waals surface area contributed by atoms with Crippen LogP contribution in [-0.2, 0) is 19.4 Å². The van der Waals surface area contributed by atoms with E-state index in [-0.39, 0.29) is 33.7 Å². The molecule has 1 aliphatic rings. The predicted octanol–water partition coefficient (Wildman–Crippen LogP) is 1.94. The Morgan fingerprint density at radius 2 is 2.03 bits per heavy atom. The van der Waals surface area contributed by atoms with Gasteiger partial charge in [-0.25, -0.2) is 18.1 Å². The highest BCUT2D eigenvalue weighted by molar-refractivity contribution is 7.90. The molecule has 1 aromatic carbocycles. The first kappa shape index (κ1) is 21.9. The Hall–Kier alpha value is -3.28. The molecule has 0 saturated carbocycles. The molecule has 3 heterocycles. The van der Waals surface area contributed by atoms with Crippen LogP contribution in [-0.4, -0.2) is 61.0 Å². The lowest BCUT2D eigenvalue weighted by Gasteiger charge is -2.26. The summed E-state index contributed by atoms with van der Waals surface area (Å²) in [6.45, 7) is 0.956. The fourth-order valence-electron chi connectivity index (χ4n) is 3.08. The van der Waals surface area contributed by atoms with Gasteiger partial charge in [-0.15, -0.1) is 0 Å². The zero-order valence-electron chi connectivity index (χ0n) is 16.9. The molecular weight excluding hydrogens is 458 g/mol.